The summed E-state index contributed by atoms with van der Waals surface area (Å²) in [6.07, 6.45) is 2.94. The molecule has 0 spiro atoms. The Morgan fingerprint density at radius 2 is 1.75 bits per heavy atom. The number of aliphatic imine (C=N–C) groups is 1. The molecule has 0 saturated heterocycles. The Balaban J connectivity index is 1.52. The summed E-state index contributed by atoms with van der Waals surface area (Å²) in [5.74, 6) is 2.69. The topological polar surface area (TPSA) is 34.1 Å². The van der Waals surface area contributed by atoms with Gasteiger partial charge in [0.05, 0.1) is 17.8 Å². The molecule has 0 radical (unpaired) electrons. The van der Waals surface area contributed by atoms with Gasteiger partial charge in [0, 0.05) is 36.1 Å². The number of hydrogen-bond donors (Lipinski definition) is 0. The monoisotopic (exact) mass is 448 g/mol. The Labute approximate surface area is 195 Å². The molecule has 166 valence electrons. The number of fused-ring (bicyclic) bond motifs is 1. The van der Waals surface area contributed by atoms with Crippen molar-refractivity contribution in [3.05, 3.63) is 76.8 Å². The molecule has 0 aliphatic carbocycles. The van der Waals surface area contributed by atoms with E-state index in [1.54, 1.807) is 7.11 Å². The second-order valence-electron chi connectivity index (χ2n) is 8.94. The lowest BCUT2D eigenvalue weighted by Gasteiger charge is -2.45. The molecule has 1 heterocycles. The van der Waals surface area contributed by atoms with Crippen LogP contribution in [0.4, 0.5) is 11.4 Å². The Kier molecular flexibility index (Phi) is 6.16. The summed E-state index contributed by atoms with van der Waals surface area (Å²) in [6.45, 7) is 6.83. The molecule has 1 aliphatic heterocycles. The van der Waals surface area contributed by atoms with Crippen molar-refractivity contribution in [3.63, 3.8) is 0 Å². The molecular weight excluding hydrogens is 420 g/mol. The molecule has 4 nitrogen and oxygen atoms in total. The number of rotatable bonds is 5. The van der Waals surface area contributed by atoms with E-state index in [9.17, 15) is 0 Å². The van der Waals surface area contributed by atoms with Crippen LogP contribution < -0.4 is 14.4 Å². The predicted octanol–water partition coefficient (Wildman–Crippen LogP) is 7.61. The van der Waals surface area contributed by atoms with Crippen LogP contribution in [0.25, 0.3) is 0 Å². The highest BCUT2D eigenvalue weighted by atomic mass is 35.5. The van der Waals surface area contributed by atoms with Gasteiger partial charge in [0.1, 0.15) is 17.2 Å². The van der Waals surface area contributed by atoms with Gasteiger partial charge in [-0.2, -0.15) is 0 Å². The van der Waals surface area contributed by atoms with Gasteiger partial charge in [-0.25, -0.2) is 0 Å². The molecule has 0 fully saturated rings. The summed E-state index contributed by atoms with van der Waals surface area (Å²) < 4.78 is 11.1. The largest absolute Gasteiger partial charge is 0.497 e. The third kappa shape index (κ3) is 4.61. The van der Waals surface area contributed by atoms with Crippen LogP contribution in [-0.4, -0.2) is 25.9 Å². The van der Waals surface area contributed by atoms with Gasteiger partial charge >= 0.3 is 0 Å². The average Bonchev–Trinajstić information content (AvgIpc) is 2.77. The maximum atomic E-state index is 6.63. The molecule has 0 aromatic heterocycles. The molecule has 0 N–H and O–H groups in total. The normalized spacial score (nSPS) is 17.3. The zero-order valence-electron chi connectivity index (χ0n) is 19.2. The zero-order valence-corrected chi connectivity index (χ0v) is 20.0. The lowest BCUT2D eigenvalue weighted by Crippen LogP contribution is -2.45. The summed E-state index contributed by atoms with van der Waals surface area (Å²) in [5.41, 5.74) is 4.40. The molecule has 1 unspecified atom stereocenters. The summed E-state index contributed by atoms with van der Waals surface area (Å²) in [6, 6.07) is 19.4. The summed E-state index contributed by atoms with van der Waals surface area (Å²) in [4.78, 5) is 6.97. The molecule has 0 bridgehead atoms. The standard InChI is InChI=1S/C27H29ClN2O2/c1-18-16-27(2,3)30(4)26-15-25(28)19(13-24(18)26)17-29-20-9-11-21(12-10-20)32-23-8-6-7-22(14-23)31-5/h6-15,17-18H,16H2,1-5H3. The van der Waals surface area contributed by atoms with E-state index in [2.05, 4.69) is 49.8 Å². The number of ether oxygens (including phenoxy) is 2. The summed E-state index contributed by atoms with van der Waals surface area (Å²) in [7, 11) is 3.78. The van der Waals surface area contributed by atoms with Gasteiger partial charge in [0.2, 0.25) is 0 Å². The van der Waals surface area contributed by atoms with E-state index in [0.717, 1.165) is 34.9 Å². The minimum atomic E-state index is 0.111. The Bertz CT molecular complexity index is 1140. The number of methoxy groups -OCH3 is 1. The number of nitrogens with zero attached hydrogens (tertiary/aromatic N) is 2. The molecule has 3 aromatic rings. The molecule has 3 aromatic carbocycles. The smallest absolute Gasteiger partial charge is 0.131 e. The summed E-state index contributed by atoms with van der Waals surface area (Å²) >= 11 is 6.63. The molecule has 5 heteroatoms. The molecular formula is C27H29ClN2O2. The second-order valence-corrected chi connectivity index (χ2v) is 9.35. The third-order valence-electron chi connectivity index (χ3n) is 6.22. The van der Waals surface area contributed by atoms with Gasteiger partial charge < -0.3 is 14.4 Å². The molecule has 4 rings (SSSR count). The van der Waals surface area contributed by atoms with Gasteiger partial charge in [0.25, 0.3) is 0 Å². The van der Waals surface area contributed by atoms with Crippen LogP contribution in [0, 0.1) is 0 Å². The lowest BCUT2D eigenvalue weighted by atomic mass is 9.80. The molecule has 32 heavy (non-hydrogen) atoms. The highest BCUT2D eigenvalue weighted by molar-refractivity contribution is 6.33. The maximum Gasteiger partial charge on any atom is 0.131 e. The van der Waals surface area contributed by atoms with Crippen LogP contribution in [0.3, 0.4) is 0 Å². The minimum Gasteiger partial charge on any atom is -0.497 e. The maximum absolute atomic E-state index is 6.63. The van der Waals surface area contributed by atoms with E-state index < -0.39 is 0 Å². The fourth-order valence-electron chi connectivity index (χ4n) is 4.25. The quantitative estimate of drug-likeness (QED) is 0.376. The zero-order chi connectivity index (χ0) is 22.9. The first kappa shape index (κ1) is 22.2. The van der Waals surface area contributed by atoms with Crippen molar-refractivity contribution in [3.8, 4) is 17.2 Å². The minimum absolute atomic E-state index is 0.111. The van der Waals surface area contributed by atoms with E-state index in [1.807, 2.05) is 54.7 Å². The molecule has 1 aliphatic rings. The Hall–Kier alpha value is -2.98. The highest BCUT2D eigenvalue weighted by Crippen LogP contribution is 2.44. The lowest BCUT2D eigenvalue weighted by molar-refractivity contribution is 0.395. The first-order valence-corrected chi connectivity index (χ1v) is 11.2. The Morgan fingerprint density at radius 1 is 1.03 bits per heavy atom. The van der Waals surface area contributed by atoms with Gasteiger partial charge in [0.15, 0.2) is 0 Å². The van der Waals surface area contributed by atoms with Crippen molar-refractivity contribution < 1.29 is 9.47 Å². The number of hydrogen-bond acceptors (Lipinski definition) is 4. The SMILES string of the molecule is COc1cccc(Oc2ccc(N=Cc3cc4c(cc3Cl)N(C)C(C)(C)CC4C)cc2)c1. The molecule has 0 amide bonds. The number of halogens is 1. The van der Waals surface area contributed by atoms with E-state index in [-0.39, 0.29) is 5.54 Å². The van der Waals surface area contributed by atoms with E-state index in [1.165, 1.54) is 11.3 Å². The first-order valence-electron chi connectivity index (χ1n) is 10.8. The van der Waals surface area contributed by atoms with E-state index in [4.69, 9.17) is 21.1 Å². The van der Waals surface area contributed by atoms with Gasteiger partial charge in [-0.1, -0.05) is 24.6 Å². The Morgan fingerprint density at radius 3 is 2.47 bits per heavy atom. The van der Waals surface area contributed by atoms with Crippen molar-refractivity contribution in [1.29, 1.82) is 0 Å². The fraction of sp³-hybridized carbons (Fsp3) is 0.296. The third-order valence-corrected chi connectivity index (χ3v) is 6.55. The van der Waals surface area contributed by atoms with Gasteiger partial charge in [-0.3, -0.25) is 4.99 Å². The van der Waals surface area contributed by atoms with Crippen LogP contribution in [0.1, 0.15) is 44.2 Å². The van der Waals surface area contributed by atoms with Crippen LogP contribution in [0.5, 0.6) is 17.2 Å². The summed E-state index contributed by atoms with van der Waals surface area (Å²) in [5, 5.41) is 0.710. The van der Waals surface area contributed by atoms with Crippen molar-refractivity contribution in [2.75, 3.05) is 19.1 Å². The van der Waals surface area contributed by atoms with Crippen molar-refractivity contribution >= 4 is 29.2 Å². The van der Waals surface area contributed by atoms with Crippen LogP contribution >= 0.6 is 11.6 Å². The van der Waals surface area contributed by atoms with Crippen molar-refractivity contribution in [2.45, 2.75) is 38.6 Å². The highest BCUT2D eigenvalue weighted by Gasteiger charge is 2.34. The van der Waals surface area contributed by atoms with Crippen molar-refractivity contribution in [1.82, 2.24) is 0 Å². The average molecular weight is 449 g/mol. The predicted molar refractivity (Wildman–Crippen MR) is 134 cm³/mol. The van der Waals surface area contributed by atoms with Gasteiger partial charge in [-0.05, 0) is 80.3 Å². The van der Waals surface area contributed by atoms with E-state index in [0.29, 0.717) is 10.9 Å². The molecule has 1 atom stereocenters. The second kappa shape index (κ2) is 8.87. The number of anilines is 1. The first-order chi connectivity index (χ1) is 15.3. The van der Waals surface area contributed by atoms with Crippen LogP contribution in [0.2, 0.25) is 5.02 Å². The molecule has 0 saturated carbocycles. The number of benzene rings is 3. The van der Waals surface area contributed by atoms with Gasteiger partial charge in [-0.15, -0.1) is 0 Å². The fourth-order valence-corrected chi connectivity index (χ4v) is 4.46. The van der Waals surface area contributed by atoms with Crippen LogP contribution in [-0.2, 0) is 0 Å². The van der Waals surface area contributed by atoms with Crippen molar-refractivity contribution in [2.24, 2.45) is 4.99 Å². The van der Waals surface area contributed by atoms with Crippen LogP contribution in [0.15, 0.2) is 65.7 Å². The van der Waals surface area contributed by atoms with E-state index >= 15 is 0 Å².